The van der Waals surface area contributed by atoms with Crippen molar-refractivity contribution in [2.45, 2.75) is 39.5 Å². The zero-order valence-corrected chi connectivity index (χ0v) is 13.8. The summed E-state index contributed by atoms with van der Waals surface area (Å²) in [4.78, 5) is 12.7. The van der Waals surface area contributed by atoms with Gasteiger partial charge in [-0.25, -0.2) is 0 Å². The summed E-state index contributed by atoms with van der Waals surface area (Å²) in [6.45, 7) is 4.70. The summed E-state index contributed by atoms with van der Waals surface area (Å²) in [5, 5.41) is 3.05. The molecule has 0 heterocycles. The van der Waals surface area contributed by atoms with Crippen LogP contribution in [-0.2, 0) is 4.79 Å². The normalized spacial score (nSPS) is 26.3. The average molecular weight is 339 g/mol. The molecule has 1 amide bonds. The summed E-state index contributed by atoms with van der Waals surface area (Å²) in [5.74, 6) is 0.769. The number of nitrogens with two attached hydrogens (primary N) is 1. The van der Waals surface area contributed by atoms with Crippen molar-refractivity contribution in [1.82, 2.24) is 0 Å². The summed E-state index contributed by atoms with van der Waals surface area (Å²) in [7, 11) is 0. The van der Waals surface area contributed by atoms with Crippen molar-refractivity contribution in [2.24, 2.45) is 17.1 Å². The van der Waals surface area contributed by atoms with E-state index in [2.05, 4.69) is 28.2 Å². The minimum absolute atomic E-state index is 0.0662. The number of carbonyl (C=O) groups is 1. The Hall–Kier alpha value is -0.870. The first-order valence-electron chi connectivity index (χ1n) is 7.24. The van der Waals surface area contributed by atoms with Crippen LogP contribution in [0.4, 0.5) is 5.69 Å². The van der Waals surface area contributed by atoms with Gasteiger partial charge >= 0.3 is 0 Å². The van der Waals surface area contributed by atoms with Crippen LogP contribution in [0.25, 0.3) is 0 Å². The largest absolute Gasteiger partial charge is 0.329 e. The molecule has 1 aliphatic rings. The molecule has 1 aliphatic carbocycles. The molecule has 2 rings (SSSR count). The van der Waals surface area contributed by atoms with E-state index in [9.17, 15) is 4.79 Å². The lowest BCUT2D eigenvalue weighted by molar-refractivity contribution is -0.127. The summed E-state index contributed by atoms with van der Waals surface area (Å²) in [5.41, 5.74) is 7.52. The van der Waals surface area contributed by atoms with E-state index in [4.69, 9.17) is 5.73 Å². The van der Waals surface area contributed by atoms with E-state index in [0.717, 1.165) is 41.4 Å². The zero-order chi connectivity index (χ0) is 14.8. The molecule has 0 radical (unpaired) electrons. The van der Waals surface area contributed by atoms with Gasteiger partial charge in [-0.2, -0.15) is 0 Å². The fourth-order valence-corrected chi connectivity index (χ4v) is 3.41. The predicted molar refractivity (Wildman–Crippen MR) is 86.6 cm³/mol. The van der Waals surface area contributed by atoms with Crippen molar-refractivity contribution in [2.75, 3.05) is 11.9 Å². The van der Waals surface area contributed by atoms with E-state index in [1.807, 2.05) is 25.1 Å². The average Bonchev–Trinajstić information content (AvgIpc) is 2.43. The highest BCUT2D eigenvalue weighted by Crippen LogP contribution is 2.39. The Morgan fingerprint density at radius 1 is 1.45 bits per heavy atom. The number of carbonyl (C=O) groups excluding carboxylic acids is 1. The van der Waals surface area contributed by atoms with Crippen molar-refractivity contribution in [1.29, 1.82) is 0 Å². The lowest BCUT2D eigenvalue weighted by Crippen LogP contribution is -2.44. The van der Waals surface area contributed by atoms with Gasteiger partial charge in [0, 0.05) is 11.0 Å². The maximum absolute atomic E-state index is 12.7. The number of amides is 1. The van der Waals surface area contributed by atoms with Gasteiger partial charge in [-0.1, -0.05) is 13.0 Å². The minimum Gasteiger partial charge on any atom is -0.329 e. The fourth-order valence-electron chi connectivity index (χ4n) is 2.82. The zero-order valence-electron chi connectivity index (χ0n) is 12.2. The summed E-state index contributed by atoms with van der Waals surface area (Å²) in [6, 6.07) is 5.94. The van der Waals surface area contributed by atoms with Gasteiger partial charge in [0.25, 0.3) is 0 Å². The number of aryl methyl sites for hydroxylation is 1. The highest BCUT2D eigenvalue weighted by molar-refractivity contribution is 9.10. The van der Waals surface area contributed by atoms with E-state index in [1.165, 1.54) is 0 Å². The predicted octanol–water partition coefficient (Wildman–Crippen LogP) is 3.85. The van der Waals surface area contributed by atoms with Crippen LogP contribution in [0.15, 0.2) is 22.7 Å². The highest BCUT2D eigenvalue weighted by atomic mass is 79.9. The van der Waals surface area contributed by atoms with Crippen molar-refractivity contribution in [3.63, 3.8) is 0 Å². The van der Waals surface area contributed by atoms with Crippen molar-refractivity contribution in [3.05, 3.63) is 28.2 Å². The molecule has 1 aromatic rings. The monoisotopic (exact) mass is 338 g/mol. The van der Waals surface area contributed by atoms with Crippen LogP contribution in [0.1, 0.15) is 38.2 Å². The van der Waals surface area contributed by atoms with E-state index in [1.54, 1.807) is 0 Å². The second-order valence-electron chi connectivity index (χ2n) is 6.10. The van der Waals surface area contributed by atoms with Crippen LogP contribution < -0.4 is 11.1 Å². The third kappa shape index (κ3) is 3.23. The van der Waals surface area contributed by atoms with Crippen LogP contribution in [0.2, 0.25) is 0 Å². The standard InChI is InChI=1S/C16H23BrN2O/c1-11-5-7-16(10-18,8-6-11)15(20)19-14-4-3-12(2)9-13(14)17/h3-4,9,11H,5-8,10,18H2,1-2H3,(H,19,20). The number of nitrogens with one attached hydrogen (secondary N) is 1. The number of anilines is 1. The van der Waals surface area contributed by atoms with Crippen molar-refractivity contribution in [3.8, 4) is 0 Å². The van der Waals surface area contributed by atoms with Gasteiger partial charge < -0.3 is 11.1 Å². The van der Waals surface area contributed by atoms with Gasteiger partial charge in [-0.15, -0.1) is 0 Å². The van der Waals surface area contributed by atoms with Gasteiger partial charge in [-0.05, 0) is 72.2 Å². The molecule has 20 heavy (non-hydrogen) atoms. The van der Waals surface area contributed by atoms with Crippen LogP contribution in [-0.4, -0.2) is 12.5 Å². The Kier molecular flexibility index (Phi) is 4.86. The summed E-state index contributed by atoms with van der Waals surface area (Å²) < 4.78 is 0.919. The quantitative estimate of drug-likeness (QED) is 0.879. The molecule has 3 N–H and O–H groups in total. The molecule has 0 unspecified atom stereocenters. The maximum atomic E-state index is 12.7. The van der Waals surface area contributed by atoms with Gasteiger partial charge in [0.05, 0.1) is 11.1 Å². The first-order chi connectivity index (χ1) is 9.47. The molecule has 0 atom stereocenters. The van der Waals surface area contributed by atoms with Gasteiger partial charge in [0.2, 0.25) is 5.91 Å². The Balaban J connectivity index is 2.13. The Labute approximate surface area is 129 Å². The minimum atomic E-state index is -0.392. The molecule has 0 bridgehead atoms. The van der Waals surface area contributed by atoms with E-state index in [0.29, 0.717) is 12.5 Å². The van der Waals surface area contributed by atoms with Crippen LogP contribution in [0, 0.1) is 18.3 Å². The molecule has 1 fully saturated rings. The molecule has 4 heteroatoms. The number of halogens is 1. The molecule has 110 valence electrons. The third-order valence-electron chi connectivity index (χ3n) is 4.48. The second-order valence-corrected chi connectivity index (χ2v) is 6.96. The van der Waals surface area contributed by atoms with Crippen LogP contribution >= 0.6 is 15.9 Å². The fraction of sp³-hybridized carbons (Fsp3) is 0.562. The lowest BCUT2D eigenvalue weighted by atomic mass is 9.70. The SMILES string of the molecule is Cc1ccc(NC(=O)C2(CN)CCC(C)CC2)c(Br)c1. The number of hydrogen-bond acceptors (Lipinski definition) is 2. The van der Waals surface area contributed by atoms with Gasteiger partial charge in [0.1, 0.15) is 0 Å². The molecular formula is C16H23BrN2O. The Morgan fingerprint density at radius 3 is 2.65 bits per heavy atom. The van der Waals surface area contributed by atoms with Gasteiger partial charge in [0.15, 0.2) is 0 Å². The Morgan fingerprint density at radius 2 is 2.10 bits per heavy atom. The number of hydrogen-bond donors (Lipinski definition) is 2. The molecule has 3 nitrogen and oxygen atoms in total. The van der Waals surface area contributed by atoms with E-state index in [-0.39, 0.29) is 5.91 Å². The smallest absolute Gasteiger partial charge is 0.231 e. The molecule has 0 saturated heterocycles. The summed E-state index contributed by atoms with van der Waals surface area (Å²) >= 11 is 3.50. The van der Waals surface area contributed by atoms with E-state index < -0.39 is 5.41 Å². The highest BCUT2D eigenvalue weighted by Gasteiger charge is 2.39. The summed E-state index contributed by atoms with van der Waals surface area (Å²) in [6.07, 6.45) is 3.94. The topological polar surface area (TPSA) is 55.1 Å². The second kappa shape index (κ2) is 6.27. The molecular weight excluding hydrogens is 316 g/mol. The van der Waals surface area contributed by atoms with Crippen molar-refractivity contribution < 1.29 is 4.79 Å². The van der Waals surface area contributed by atoms with Crippen LogP contribution in [0.5, 0.6) is 0 Å². The first-order valence-corrected chi connectivity index (χ1v) is 8.04. The number of rotatable bonds is 3. The maximum Gasteiger partial charge on any atom is 0.231 e. The molecule has 1 saturated carbocycles. The molecule has 0 spiro atoms. The molecule has 0 aliphatic heterocycles. The third-order valence-corrected chi connectivity index (χ3v) is 5.13. The Bertz CT molecular complexity index is 493. The molecule has 0 aromatic heterocycles. The first kappa shape index (κ1) is 15.5. The van der Waals surface area contributed by atoms with Crippen molar-refractivity contribution >= 4 is 27.5 Å². The molecule has 1 aromatic carbocycles. The van der Waals surface area contributed by atoms with Gasteiger partial charge in [-0.3, -0.25) is 4.79 Å². The number of benzene rings is 1. The van der Waals surface area contributed by atoms with Crippen LogP contribution in [0.3, 0.4) is 0 Å². The lowest BCUT2D eigenvalue weighted by Gasteiger charge is -2.37. The van der Waals surface area contributed by atoms with E-state index >= 15 is 0 Å².